The summed E-state index contributed by atoms with van der Waals surface area (Å²) in [5, 5.41) is 9.52. The SMILES string of the molecule is COc1ccc2c(c1)C(Oc1ccc(-c3nc(Nc4cccc(C(F)(F)F)c4)n[nH]3)nc1)=CCN2C. The molecule has 3 heterocycles. The molecular formula is C25H21F3N6O2. The topological polar surface area (TPSA) is 88.2 Å². The number of aromatic nitrogens is 4. The van der Waals surface area contributed by atoms with E-state index in [0.29, 0.717) is 29.6 Å². The highest BCUT2D eigenvalue weighted by Gasteiger charge is 2.30. The molecule has 8 nitrogen and oxygen atoms in total. The molecule has 0 unspecified atom stereocenters. The summed E-state index contributed by atoms with van der Waals surface area (Å²) in [5.74, 6) is 2.43. The third-order valence-corrected chi connectivity index (χ3v) is 5.57. The van der Waals surface area contributed by atoms with Crippen molar-refractivity contribution in [3.8, 4) is 23.0 Å². The van der Waals surface area contributed by atoms with Crippen LogP contribution < -0.4 is 19.7 Å². The van der Waals surface area contributed by atoms with Gasteiger partial charge in [0, 0.05) is 30.5 Å². The average molecular weight is 494 g/mol. The average Bonchev–Trinajstić information content (AvgIpc) is 3.34. The van der Waals surface area contributed by atoms with Crippen LogP contribution in [0, 0.1) is 0 Å². The molecule has 0 saturated heterocycles. The molecule has 36 heavy (non-hydrogen) atoms. The number of halogens is 3. The van der Waals surface area contributed by atoms with E-state index in [2.05, 4.69) is 30.4 Å². The number of likely N-dealkylation sites (N-methyl/N-ethyl adjacent to an activating group) is 1. The number of pyridine rings is 1. The predicted octanol–water partition coefficient (Wildman–Crippen LogP) is 5.51. The molecule has 0 amide bonds. The van der Waals surface area contributed by atoms with E-state index in [1.54, 1.807) is 25.4 Å². The molecule has 11 heteroatoms. The Kier molecular flexibility index (Phi) is 5.96. The lowest BCUT2D eigenvalue weighted by molar-refractivity contribution is -0.137. The Balaban J connectivity index is 1.30. The third-order valence-electron chi connectivity index (χ3n) is 5.57. The van der Waals surface area contributed by atoms with Crippen molar-refractivity contribution in [2.24, 2.45) is 0 Å². The van der Waals surface area contributed by atoms with Crippen LogP contribution in [-0.2, 0) is 6.18 Å². The van der Waals surface area contributed by atoms with Crippen molar-refractivity contribution in [1.82, 2.24) is 20.2 Å². The van der Waals surface area contributed by atoms with Crippen LogP contribution in [0.4, 0.5) is 30.5 Å². The molecule has 0 saturated carbocycles. The number of alkyl halides is 3. The van der Waals surface area contributed by atoms with Gasteiger partial charge in [-0.15, -0.1) is 5.10 Å². The highest BCUT2D eigenvalue weighted by Crippen LogP contribution is 2.35. The molecule has 2 aromatic heterocycles. The number of nitrogens with zero attached hydrogens (tertiary/aromatic N) is 4. The van der Waals surface area contributed by atoms with Crippen molar-refractivity contribution < 1.29 is 22.6 Å². The fourth-order valence-electron chi connectivity index (χ4n) is 3.74. The molecule has 1 aliphatic heterocycles. The van der Waals surface area contributed by atoms with Gasteiger partial charge >= 0.3 is 6.18 Å². The predicted molar refractivity (Wildman–Crippen MR) is 129 cm³/mol. The Bertz CT molecular complexity index is 1420. The monoisotopic (exact) mass is 494 g/mol. The van der Waals surface area contributed by atoms with Crippen molar-refractivity contribution in [2.75, 3.05) is 30.9 Å². The van der Waals surface area contributed by atoms with E-state index in [1.807, 2.05) is 31.3 Å². The number of ether oxygens (including phenoxy) is 2. The van der Waals surface area contributed by atoms with Crippen LogP contribution >= 0.6 is 0 Å². The van der Waals surface area contributed by atoms with Gasteiger partial charge in [0.15, 0.2) is 5.82 Å². The summed E-state index contributed by atoms with van der Waals surface area (Å²) in [6, 6.07) is 14.1. The molecule has 2 aromatic carbocycles. The maximum atomic E-state index is 12.9. The molecular weight excluding hydrogens is 473 g/mol. The molecule has 2 N–H and O–H groups in total. The lowest BCUT2D eigenvalue weighted by atomic mass is 10.1. The zero-order valence-corrected chi connectivity index (χ0v) is 19.3. The van der Waals surface area contributed by atoms with Gasteiger partial charge in [-0.3, -0.25) is 5.10 Å². The maximum Gasteiger partial charge on any atom is 0.416 e. The Morgan fingerprint density at radius 2 is 1.89 bits per heavy atom. The van der Waals surface area contributed by atoms with Gasteiger partial charge in [0.05, 0.1) is 18.9 Å². The van der Waals surface area contributed by atoms with Crippen molar-refractivity contribution in [1.29, 1.82) is 0 Å². The normalized spacial score (nSPS) is 13.1. The highest BCUT2D eigenvalue weighted by molar-refractivity contribution is 5.78. The summed E-state index contributed by atoms with van der Waals surface area (Å²) in [6.45, 7) is 0.694. The van der Waals surface area contributed by atoms with Gasteiger partial charge in [0.1, 0.15) is 23.0 Å². The Labute approximate surface area is 204 Å². The van der Waals surface area contributed by atoms with Crippen LogP contribution in [0.1, 0.15) is 11.1 Å². The number of anilines is 3. The minimum atomic E-state index is -4.44. The molecule has 184 valence electrons. The molecule has 1 aliphatic rings. The van der Waals surface area contributed by atoms with Gasteiger partial charge in [-0.2, -0.15) is 18.2 Å². The number of fused-ring (bicyclic) bond motifs is 1. The summed E-state index contributed by atoms with van der Waals surface area (Å²) >= 11 is 0. The van der Waals surface area contributed by atoms with Gasteiger partial charge in [0.2, 0.25) is 5.95 Å². The first kappa shape index (κ1) is 23.2. The van der Waals surface area contributed by atoms with Gasteiger partial charge in [-0.1, -0.05) is 6.07 Å². The van der Waals surface area contributed by atoms with Gasteiger partial charge < -0.3 is 19.7 Å². The number of hydrogen-bond acceptors (Lipinski definition) is 7. The fourth-order valence-corrected chi connectivity index (χ4v) is 3.74. The second-order valence-electron chi connectivity index (χ2n) is 8.02. The summed E-state index contributed by atoms with van der Waals surface area (Å²) in [4.78, 5) is 10.8. The van der Waals surface area contributed by atoms with E-state index in [-0.39, 0.29) is 11.6 Å². The van der Waals surface area contributed by atoms with Crippen LogP contribution in [0.3, 0.4) is 0 Å². The van der Waals surface area contributed by atoms with E-state index in [0.717, 1.165) is 29.1 Å². The lowest BCUT2D eigenvalue weighted by Gasteiger charge is -2.27. The number of H-pyrrole nitrogens is 1. The van der Waals surface area contributed by atoms with Crippen LogP contribution in [-0.4, -0.2) is 40.9 Å². The lowest BCUT2D eigenvalue weighted by Crippen LogP contribution is -2.23. The Morgan fingerprint density at radius 1 is 1.06 bits per heavy atom. The summed E-state index contributed by atoms with van der Waals surface area (Å²) in [6.07, 6.45) is -0.887. The number of nitrogens with one attached hydrogen (secondary N) is 2. The van der Waals surface area contributed by atoms with E-state index in [4.69, 9.17) is 9.47 Å². The van der Waals surface area contributed by atoms with E-state index >= 15 is 0 Å². The summed E-state index contributed by atoms with van der Waals surface area (Å²) in [7, 11) is 3.62. The second-order valence-corrected chi connectivity index (χ2v) is 8.02. The molecule has 0 fully saturated rings. The van der Waals surface area contributed by atoms with Crippen molar-refractivity contribution in [2.45, 2.75) is 6.18 Å². The second kappa shape index (κ2) is 9.25. The zero-order chi connectivity index (χ0) is 25.3. The van der Waals surface area contributed by atoms with Crippen LogP contribution in [0.2, 0.25) is 0 Å². The maximum absolute atomic E-state index is 12.9. The number of rotatable bonds is 6. The molecule has 0 bridgehead atoms. The Hall–Kier alpha value is -4.54. The van der Waals surface area contributed by atoms with Crippen molar-refractivity contribution in [3.05, 3.63) is 78.0 Å². The van der Waals surface area contributed by atoms with Crippen LogP contribution in [0.15, 0.2) is 66.9 Å². The molecule has 0 spiro atoms. The number of benzene rings is 2. The molecule has 0 radical (unpaired) electrons. The highest BCUT2D eigenvalue weighted by atomic mass is 19.4. The van der Waals surface area contributed by atoms with Crippen molar-refractivity contribution >= 4 is 23.1 Å². The fraction of sp³-hybridized carbons (Fsp3) is 0.160. The first-order valence-corrected chi connectivity index (χ1v) is 10.9. The van der Waals surface area contributed by atoms with Crippen LogP contribution in [0.5, 0.6) is 11.5 Å². The molecule has 5 rings (SSSR count). The van der Waals surface area contributed by atoms with Gasteiger partial charge in [-0.05, 0) is 54.6 Å². The summed E-state index contributed by atoms with van der Waals surface area (Å²) in [5.41, 5.74) is 1.89. The first-order valence-electron chi connectivity index (χ1n) is 10.9. The van der Waals surface area contributed by atoms with Crippen molar-refractivity contribution in [3.63, 3.8) is 0 Å². The summed E-state index contributed by atoms with van der Waals surface area (Å²) < 4.78 is 50.3. The molecule has 4 aromatic rings. The largest absolute Gasteiger partial charge is 0.497 e. The van der Waals surface area contributed by atoms with E-state index < -0.39 is 11.7 Å². The zero-order valence-electron chi connectivity index (χ0n) is 19.3. The minimum absolute atomic E-state index is 0.119. The van der Waals surface area contributed by atoms with Gasteiger partial charge in [-0.25, -0.2) is 4.98 Å². The smallest absolute Gasteiger partial charge is 0.416 e. The van der Waals surface area contributed by atoms with E-state index in [1.165, 1.54) is 12.1 Å². The number of aromatic amines is 1. The Morgan fingerprint density at radius 3 is 2.64 bits per heavy atom. The molecule has 0 atom stereocenters. The minimum Gasteiger partial charge on any atom is -0.497 e. The quantitative estimate of drug-likeness (QED) is 0.366. The third kappa shape index (κ3) is 4.81. The standard InChI is InChI=1S/C25H21F3N6O2/c1-34-11-10-22(19-13-17(35-2)7-9-21(19)34)36-18-6-8-20(29-14-18)23-31-24(33-32-23)30-16-5-3-4-15(12-16)25(26,27)28/h3-10,12-14H,11H2,1-2H3,(H2,30,31,32,33). The number of hydrogen-bond donors (Lipinski definition) is 2. The molecule has 0 aliphatic carbocycles. The first-order chi connectivity index (χ1) is 17.3. The number of methoxy groups -OCH3 is 1. The van der Waals surface area contributed by atoms with Gasteiger partial charge in [0.25, 0.3) is 0 Å². The van der Waals surface area contributed by atoms with Crippen LogP contribution in [0.25, 0.3) is 17.3 Å². The van der Waals surface area contributed by atoms with E-state index in [9.17, 15) is 13.2 Å².